The van der Waals surface area contributed by atoms with Gasteiger partial charge in [0.2, 0.25) is 5.78 Å². The first kappa shape index (κ1) is 19.1. The highest BCUT2D eigenvalue weighted by molar-refractivity contribution is 6.12. The van der Waals surface area contributed by atoms with Crippen molar-refractivity contribution >= 4 is 11.9 Å². The van der Waals surface area contributed by atoms with Crippen molar-refractivity contribution in [3.05, 3.63) is 107 Å². The molecule has 0 saturated carbocycles. The molecule has 0 saturated heterocycles. The summed E-state index contributed by atoms with van der Waals surface area (Å²) < 4.78 is 31.3. The van der Waals surface area contributed by atoms with E-state index in [1.807, 2.05) is 37.3 Å². The van der Waals surface area contributed by atoms with Crippen LogP contribution in [-0.2, 0) is 6.61 Å². The average Bonchev–Trinajstić information content (AvgIpc) is 3.08. The number of benzene rings is 3. The van der Waals surface area contributed by atoms with E-state index >= 15 is 0 Å². The second kappa shape index (κ2) is 7.76. The van der Waals surface area contributed by atoms with Crippen molar-refractivity contribution in [2.45, 2.75) is 19.6 Å². The monoisotopic (exact) mass is 414 g/mol. The third kappa shape index (κ3) is 3.70. The minimum atomic E-state index is -0.320. The van der Waals surface area contributed by atoms with Crippen LogP contribution in [0, 0.1) is 5.82 Å². The van der Waals surface area contributed by atoms with Crippen molar-refractivity contribution < 1.29 is 23.4 Å². The van der Waals surface area contributed by atoms with Crippen molar-refractivity contribution in [1.29, 1.82) is 0 Å². The second-order valence-corrected chi connectivity index (χ2v) is 7.42. The zero-order valence-corrected chi connectivity index (χ0v) is 16.8. The summed E-state index contributed by atoms with van der Waals surface area (Å²) >= 11 is 0. The highest BCUT2D eigenvalue weighted by Crippen LogP contribution is 2.36. The number of carbonyl (C=O) groups excluding carboxylic acids is 1. The van der Waals surface area contributed by atoms with Gasteiger partial charge in [-0.25, -0.2) is 4.39 Å². The molecule has 0 fully saturated rings. The summed E-state index contributed by atoms with van der Waals surface area (Å²) in [4.78, 5) is 12.8. The van der Waals surface area contributed by atoms with Crippen molar-refractivity contribution in [1.82, 2.24) is 0 Å². The van der Waals surface area contributed by atoms with Gasteiger partial charge < -0.3 is 14.2 Å². The average molecular weight is 414 g/mol. The molecular weight excluding hydrogens is 395 g/mol. The Labute approximate surface area is 179 Å². The van der Waals surface area contributed by atoms with Crippen molar-refractivity contribution in [2.24, 2.45) is 0 Å². The number of carbonyl (C=O) groups is 1. The fourth-order valence-corrected chi connectivity index (χ4v) is 3.61. The Morgan fingerprint density at radius 1 is 1.03 bits per heavy atom. The lowest BCUT2D eigenvalue weighted by molar-refractivity contribution is 0.101. The summed E-state index contributed by atoms with van der Waals surface area (Å²) in [6.45, 7) is 2.02. The smallest absolute Gasteiger partial charge is 0.231 e. The molecule has 0 amide bonds. The molecule has 31 heavy (non-hydrogen) atoms. The van der Waals surface area contributed by atoms with Gasteiger partial charge in [-0.05, 0) is 48.9 Å². The SMILES string of the molecule is C[C@H]1Oc2ccccc2C=C1C=C1Oc2cc(OCc3ccccc3F)ccc2C1=O. The third-order valence-corrected chi connectivity index (χ3v) is 5.31. The lowest BCUT2D eigenvalue weighted by Gasteiger charge is -2.22. The minimum Gasteiger partial charge on any atom is -0.489 e. The molecule has 2 aliphatic rings. The van der Waals surface area contributed by atoms with E-state index < -0.39 is 0 Å². The van der Waals surface area contributed by atoms with E-state index in [2.05, 4.69) is 0 Å². The van der Waals surface area contributed by atoms with Gasteiger partial charge in [-0.2, -0.15) is 0 Å². The van der Waals surface area contributed by atoms with Gasteiger partial charge in [0, 0.05) is 17.2 Å². The summed E-state index contributed by atoms with van der Waals surface area (Å²) in [7, 11) is 0. The summed E-state index contributed by atoms with van der Waals surface area (Å²) in [5.41, 5.74) is 2.74. The molecule has 0 radical (unpaired) electrons. The van der Waals surface area contributed by atoms with E-state index in [-0.39, 0.29) is 30.1 Å². The molecule has 3 aromatic rings. The highest BCUT2D eigenvalue weighted by atomic mass is 19.1. The Kier molecular flexibility index (Phi) is 4.79. The largest absolute Gasteiger partial charge is 0.489 e. The number of fused-ring (bicyclic) bond motifs is 2. The van der Waals surface area contributed by atoms with Gasteiger partial charge in [0.15, 0.2) is 5.76 Å². The summed E-state index contributed by atoms with van der Waals surface area (Å²) in [5, 5.41) is 0. The molecule has 0 aromatic heterocycles. The maximum absolute atomic E-state index is 13.8. The number of Topliss-reactive ketones (excluding diaryl/α,β-unsaturated/α-hetero) is 1. The van der Waals surface area contributed by atoms with E-state index in [1.165, 1.54) is 6.07 Å². The molecule has 5 heteroatoms. The van der Waals surface area contributed by atoms with Crippen LogP contribution >= 0.6 is 0 Å². The van der Waals surface area contributed by atoms with Gasteiger partial charge in [0.1, 0.15) is 35.8 Å². The van der Waals surface area contributed by atoms with Crippen LogP contribution in [0.4, 0.5) is 4.39 Å². The molecule has 0 unspecified atom stereocenters. The van der Waals surface area contributed by atoms with Crippen LogP contribution < -0.4 is 14.2 Å². The Balaban J connectivity index is 1.36. The lowest BCUT2D eigenvalue weighted by atomic mass is 10.0. The minimum absolute atomic E-state index is 0.0866. The maximum Gasteiger partial charge on any atom is 0.231 e. The molecule has 154 valence electrons. The van der Waals surface area contributed by atoms with Crippen LogP contribution in [0.15, 0.2) is 84.1 Å². The van der Waals surface area contributed by atoms with Gasteiger partial charge in [0.25, 0.3) is 0 Å². The van der Waals surface area contributed by atoms with Crippen LogP contribution in [0.25, 0.3) is 6.08 Å². The molecule has 4 nitrogen and oxygen atoms in total. The third-order valence-electron chi connectivity index (χ3n) is 5.31. The quantitative estimate of drug-likeness (QED) is 0.512. The lowest BCUT2D eigenvalue weighted by Crippen LogP contribution is -2.18. The molecule has 0 spiro atoms. The summed E-state index contributed by atoms with van der Waals surface area (Å²) in [6, 6.07) is 19.2. The first-order valence-electron chi connectivity index (χ1n) is 10.0. The molecular formula is C26H19FO4. The molecule has 1 atom stereocenters. The Morgan fingerprint density at radius 2 is 1.84 bits per heavy atom. The molecule has 3 aromatic carbocycles. The maximum atomic E-state index is 13.8. The van der Waals surface area contributed by atoms with Crippen LogP contribution in [0.5, 0.6) is 17.2 Å². The fraction of sp³-hybridized carbons (Fsp3) is 0.115. The van der Waals surface area contributed by atoms with Crippen molar-refractivity contribution in [3.63, 3.8) is 0 Å². The van der Waals surface area contributed by atoms with Crippen molar-refractivity contribution in [2.75, 3.05) is 0 Å². The molecule has 2 heterocycles. The predicted octanol–water partition coefficient (Wildman–Crippen LogP) is 5.73. The Bertz CT molecular complexity index is 1240. The zero-order chi connectivity index (χ0) is 21.4. The Morgan fingerprint density at radius 3 is 2.71 bits per heavy atom. The van der Waals surface area contributed by atoms with E-state index in [9.17, 15) is 9.18 Å². The molecule has 0 N–H and O–H groups in total. The van der Waals surface area contributed by atoms with E-state index in [4.69, 9.17) is 14.2 Å². The normalized spacial score (nSPS) is 18.0. The number of halogens is 1. The van der Waals surface area contributed by atoms with Crippen molar-refractivity contribution in [3.8, 4) is 17.2 Å². The Hall–Kier alpha value is -3.86. The standard InChI is InChI=1S/C26H19FO4/c1-16-19(12-17-6-3-5-9-23(17)30-16)13-25-26(28)21-11-10-20(14-24(21)31-25)29-15-18-7-2-4-8-22(18)27/h2-14,16H,15H2,1H3/t16-/m1/s1. The van der Waals surface area contributed by atoms with Gasteiger partial charge in [-0.1, -0.05) is 36.4 Å². The van der Waals surface area contributed by atoms with Gasteiger partial charge in [-0.15, -0.1) is 0 Å². The number of para-hydroxylation sites is 1. The van der Waals surface area contributed by atoms with Gasteiger partial charge in [0.05, 0.1) is 5.56 Å². The van der Waals surface area contributed by atoms with Gasteiger partial charge >= 0.3 is 0 Å². The van der Waals surface area contributed by atoms with E-state index in [0.29, 0.717) is 22.6 Å². The number of ketones is 1. The topological polar surface area (TPSA) is 44.8 Å². The second-order valence-electron chi connectivity index (χ2n) is 7.42. The first-order chi connectivity index (χ1) is 15.1. The number of hydrogen-bond acceptors (Lipinski definition) is 4. The number of allylic oxidation sites excluding steroid dienone is 1. The number of rotatable bonds is 4. The molecule has 2 aliphatic heterocycles. The van der Waals surface area contributed by atoms with Crippen LogP contribution in [0.2, 0.25) is 0 Å². The zero-order valence-electron chi connectivity index (χ0n) is 16.8. The summed E-state index contributed by atoms with van der Waals surface area (Å²) in [6.07, 6.45) is 3.52. The van der Waals surface area contributed by atoms with Crippen LogP contribution in [0.3, 0.4) is 0 Å². The van der Waals surface area contributed by atoms with E-state index in [0.717, 1.165) is 16.9 Å². The first-order valence-corrected chi connectivity index (χ1v) is 10.0. The summed E-state index contributed by atoms with van der Waals surface area (Å²) in [5.74, 6) is 1.46. The van der Waals surface area contributed by atoms with Crippen LogP contribution in [0.1, 0.15) is 28.4 Å². The molecule has 0 aliphatic carbocycles. The molecule has 5 rings (SSSR count). The van der Waals surface area contributed by atoms with Gasteiger partial charge in [-0.3, -0.25) is 4.79 Å². The fourth-order valence-electron chi connectivity index (χ4n) is 3.61. The number of hydrogen-bond donors (Lipinski definition) is 0. The predicted molar refractivity (Wildman–Crippen MR) is 115 cm³/mol. The van der Waals surface area contributed by atoms with Crippen LogP contribution in [-0.4, -0.2) is 11.9 Å². The molecule has 0 bridgehead atoms. The highest BCUT2D eigenvalue weighted by Gasteiger charge is 2.29. The van der Waals surface area contributed by atoms with E-state index in [1.54, 1.807) is 42.5 Å². The number of ether oxygens (including phenoxy) is 3.